The van der Waals surface area contributed by atoms with Gasteiger partial charge < -0.3 is 5.73 Å². The summed E-state index contributed by atoms with van der Waals surface area (Å²) in [4.78, 5) is 0. The van der Waals surface area contributed by atoms with Crippen LogP contribution >= 0.6 is 0 Å². The van der Waals surface area contributed by atoms with E-state index in [1.165, 1.54) is 43.7 Å². The number of nitrogens with two attached hydrogens (primary N) is 1. The first-order chi connectivity index (χ1) is 8.51. The van der Waals surface area contributed by atoms with E-state index < -0.39 is 0 Å². The average molecular weight is 249 g/mol. The molecule has 2 rings (SSSR count). The number of halogens is 1. The topological polar surface area (TPSA) is 26.0 Å². The van der Waals surface area contributed by atoms with E-state index in [2.05, 4.69) is 6.92 Å². The van der Waals surface area contributed by atoms with Gasteiger partial charge in [0, 0.05) is 6.04 Å². The third-order valence-electron chi connectivity index (χ3n) is 4.64. The van der Waals surface area contributed by atoms with Crippen molar-refractivity contribution in [3.63, 3.8) is 0 Å². The van der Waals surface area contributed by atoms with E-state index in [1.54, 1.807) is 6.07 Å². The molecule has 1 aliphatic carbocycles. The van der Waals surface area contributed by atoms with Gasteiger partial charge in [-0.3, -0.25) is 0 Å². The van der Waals surface area contributed by atoms with Gasteiger partial charge in [-0.2, -0.15) is 0 Å². The lowest BCUT2D eigenvalue weighted by atomic mass is 9.69. The van der Waals surface area contributed by atoms with E-state index in [0.717, 1.165) is 12.0 Å². The fourth-order valence-electron chi connectivity index (χ4n) is 3.10. The molecule has 100 valence electrons. The first-order valence-corrected chi connectivity index (χ1v) is 7.02. The van der Waals surface area contributed by atoms with Crippen molar-refractivity contribution in [3.05, 3.63) is 35.1 Å². The molecule has 1 atom stereocenters. The number of hydrogen-bond acceptors (Lipinski definition) is 1. The van der Waals surface area contributed by atoms with Crippen LogP contribution in [0, 0.1) is 18.2 Å². The van der Waals surface area contributed by atoms with E-state index in [9.17, 15) is 4.39 Å². The van der Waals surface area contributed by atoms with Crippen LogP contribution in [0.3, 0.4) is 0 Å². The van der Waals surface area contributed by atoms with E-state index in [0.29, 0.717) is 0 Å². The second-order valence-corrected chi connectivity index (χ2v) is 6.10. The smallest absolute Gasteiger partial charge is 0.123 e. The third-order valence-corrected chi connectivity index (χ3v) is 4.64. The van der Waals surface area contributed by atoms with Crippen LogP contribution in [0.25, 0.3) is 0 Å². The maximum atomic E-state index is 13.1. The number of benzene rings is 1. The Hall–Kier alpha value is -0.890. The summed E-state index contributed by atoms with van der Waals surface area (Å²) < 4.78 is 13.1. The van der Waals surface area contributed by atoms with Crippen LogP contribution in [0.1, 0.15) is 50.2 Å². The molecule has 2 N–H and O–H groups in total. The molecule has 1 aliphatic rings. The minimum absolute atomic E-state index is 0.159. The third kappa shape index (κ3) is 2.92. The van der Waals surface area contributed by atoms with Crippen molar-refractivity contribution >= 4 is 0 Å². The SMILES string of the molecule is Cc1cc(F)ccc1CC(N)C1(C)CCCCC1. The summed E-state index contributed by atoms with van der Waals surface area (Å²) in [7, 11) is 0. The molecule has 18 heavy (non-hydrogen) atoms. The van der Waals surface area contributed by atoms with Crippen molar-refractivity contribution in [3.8, 4) is 0 Å². The van der Waals surface area contributed by atoms with Crippen molar-refractivity contribution in [2.75, 3.05) is 0 Å². The van der Waals surface area contributed by atoms with Crippen molar-refractivity contribution in [2.24, 2.45) is 11.1 Å². The van der Waals surface area contributed by atoms with Crippen molar-refractivity contribution in [2.45, 2.75) is 58.4 Å². The van der Waals surface area contributed by atoms with Crippen LogP contribution in [-0.4, -0.2) is 6.04 Å². The molecule has 1 aromatic carbocycles. The largest absolute Gasteiger partial charge is 0.327 e. The maximum Gasteiger partial charge on any atom is 0.123 e. The van der Waals surface area contributed by atoms with Gasteiger partial charge in [0.15, 0.2) is 0 Å². The van der Waals surface area contributed by atoms with Gasteiger partial charge in [0.05, 0.1) is 0 Å². The first-order valence-electron chi connectivity index (χ1n) is 7.02. The van der Waals surface area contributed by atoms with Gasteiger partial charge in [-0.05, 0) is 54.9 Å². The van der Waals surface area contributed by atoms with Crippen LogP contribution in [0.15, 0.2) is 18.2 Å². The zero-order chi connectivity index (χ0) is 13.2. The lowest BCUT2D eigenvalue weighted by Gasteiger charge is -2.39. The molecule has 0 saturated heterocycles. The highest BCUT2D eigenvalue weighted by atomic mass is 19.1. The average Bonchev–Trinajstić information content (AvgIpc) is 2.33. The molecule has 0 radical (unpaired) electrons. The second kappa shape index (κ2) is 5.40. The molecule has 1 fully saturated rings. The molecular weight excluding hydrogens is 225 g/mol. The number of rotatable bonds is 3. The Bertz CT molecular complexity index is 408. The Morgan fingerprint density at radius 1 is 1.28 bits per heavy atom. The van der Waals surface area contributed by atoms with Crippen molar-refractivity contribution in [1.82, 2.24) is 0 Å². The molecule has 0 aromatic heterocycles. The van der Waals surface area contributed by atoms with Crippen LogP contribution in [0.4, 0.5) is 4.39 Å². The minimum Gasteiger partial charge on any atom is -0.327 e. The Labute approximate surface area is 110 Å². The highest BCUT2D eigenvalue weighted by Gasteiger charge is 2.33. The Balaban J connectivity index is 2.08. The fourth-order valence-corrected chi connectivity index (χ4v) is 3.10. The van der Waals surface area contributed by atoms with Crippen molar-refractivity contribution < 1.29 is 4.39 Å². The maximum absolute atomic E-state index is 13.1. The van der Waals surface area contributed by atoms with Gasteiger partial charge in [-0.15, -0.1) is 0 Å². The summed E-state index contributed by atoms with van der Waals surface area (Å²) in [5, 5.41) is 0. The first kappa shape index (κ1) is 13.5. The predicted octanol–water partition coefficient (Wildman–Crippen LogP) is 3.97. The van der Waals surface area contributed by atoms with Gasteiger partial charge in [0.1, 0.15) is 5.82 Å². The lowest BCUT2D eigenvalue weighted by Crippen LogP contribution is -2.42. The summed E-state index contributed by atoms with van der Waals surface area (Å²) in [6.45, 7) is 4.28. The Kier molecular flexibility index (Phi) is 4.06. The normalized spacial score (nSPS) is 20.7. The molecule has 0 bridgehead atoms. The fraction of sp³-hybridized carbons (Fsp3) is 0.625. The Morgan fingerprint density at radius 2 is 1.94 bits per heavy atom. The molecule has 0 spiro atoms. The zero-order valence-electron chi connectivity index (χ0n) is 11.5. The predicted molar refractivity (Wildman–Crippen MR) is 74.0 cm³/mol. The summed E-state index contributed by atoms with van der Waals surface area (Å²) in [6, 6.07) is 5.21. The van der Waals surface area contributed by atoms with Gasteiger partial charge in [0.25, 0.3) is 0 Å². The molecular formula is C16H24FN. The molecule has 2 heteroatoms. The molecule has 0 aliphatic heterocycles. The minimum atomic E-state index is -0.159. The van der Waals surface area contributed by atoms with Crippen LogP contribution in [-0.2, 0) is 6.42 Å². The molecule has 0 amide bonds. The standard InChI is InChI=1S/C16H24FN/c1-12-10-14(17)7-6-13(12)11-15(18)16(2)8-4-3-5-9-16/h6-7,10,15H,3-5,8-9,11,18H2,1-2H3. The summed E-state index contributed by atoms with van der Waals surface area (Å²) in [5.41, 5.74) is 8.90. The lowest BCUT2D eigenvalue weighted by molar-refractivity contribution is 0.168. The van der Waals surface area contributed by atoms with Crippen LogP contribution < -0.4 is 5.73 Å². The molecule has 1 unspecified atom stereocenters. The molecule has 1 nitrogen and oxygen atoms in total. The Morgan fingerprint density at radius 3 is 2.56 bits per heavy atom. The van der Waals surface area contributed by atoms with E-state index in [1.807, 2.05) is 13.0 Å². The van der Waals surface area contributed by atoms with E-state index >= 15 is 0 Å². The van der Waals surface area contributed by atoms with Crippen molar-refractivity contribution in [1.29, 1.82) is 0 Å². The van der Waals surface area contributed by atoms with Gasteiger partial charge in [-0.1, -0.05) is 32.3 Å². The zero-order valence-corrected chi connectivity index (χ0v) is 11.5. The van der Waals surface area contributed by atoms with Gasteiger partial charge in [-0.25, -0.2) is 4.39 Å². The molecule has 1 saturated carbocycles. The summed E-state index contributed by atoms with van der Waals surface area (Å²) >= 11 is 0. The van der Waals surface area contributed by atoms with E-state index in [4.69, 9.17) is 5.73 Å². The number of hydrogen-bond donors (Lipinski definition) is 1. The van der Waals surface area contributed by atoms with Gasteiger partial charge >= 0.3 is 0 Å². The molecule has 0 heterocycles. The van der Waals surface area contributed by atoms with Gasteiger partial charge in [0.2, 0.25) is 0 Å². The highest BCUT2D eigenvalue weighted by Crippen LogP contribution is 2.39. The van der Waals surface area contributed by atoms with Crippen LogP contribution in [0.2, 0.25) is 0 Å². The van der Waals surface area contributed by atoms with E-state index in [-0.39, 0.29) is 17.3 Å². The monoisotopic (exact) mass is 249 g/mol. The summed E-state index contributed by atoms with van der Waals surface area (Å²) in [5.74, 6) is -0.159. The summed E-state index contributed by atoms with van der Waals surface area (Å²) in [6.07, 6.45) is 7.27. The van der Waals surface area contributed by atoms with Crippen LogP contribution in [0.5, 0.6) is 0 Å². The molecule has 1 aromatic rings. The second-order valence-electron chi connectivity index (χ2n) is 6.10. The number of aryl methyl sites for hydroxylation is 1. The quantitative estimate of drug-likeness (QED) is 0.861. The highest BCUT2D eigenvalue weighted by molar-refractivity contribution is 5.27.